The summed E-state index contributed by atoms with van der Waals surface area (Å²) in [5, 5.41) is 0. The first-order chi connectivity index (χ1) is 10.9. The number of piperidine rings is 1. The van der Waals surface area contributed by atoms with Gasteiger partial charge in [-0.05, 0) is 36.5 Å². The molecule has 0 saturated carbocycles. The zero-order valence-corrected chi connectivity index (χ0v) is 12.9. The minimum atomic E-state index is 0.635. The molecule has 0 N–H and O–H groups in total. The molecule has 4 nitrogen and oxygen atoms in total. The van der Waals surface area contributed by atoms with Gasteiger partial charge >= 0.3 is 0 Å². The van der Waals surface area contributed by atoms with Gasteiger partial charge in [-0.25, -0.2) is 4.98 Å². The van der Waals surface area contributed by atoms with E-state index < -0.39 is 0 Å². The molecule has 0 atom stereocenters. The Morgan fingerprint density at radius 2 is 2.14 bits per heavy atom. The second kappa shape index (κ2) is 6.13. The maximum absolute atomic E-state index is 5.58. The highest BCUT2D eigenvalue weighted by molar-refractivity contribution is 5.39. The van der Waals surface area contributed by atoms with E-state index >= 15 is 0 Å². The monoisotopic (exact) mass is 297 g/mol. The molecular formula is C18H23N3O. The molecule has 4 rings (SSSR count). The molecule has 0 bridgehead atoms. The molecule has 22 heavy (non-hydrogen) atoms. The van der Waals surface area contributed by atoms with Crippen LogP contribution in [0.5, 0.6) is 5.75 Å². The van der Waals surface area contributed by atoms with E-state index in [1.165, 1.54) is 37.1 Å². The Kier molecular flexibility index (Phi) is 3.85. The molecule has 1 fully saturated rings. The fourth-order valence-electron chi connectivity index (χ4n) is 3.61. The summed E-state index contributed by atoms with van der Waals surface area (Å²) in [6.45, 7) is 4.39. The number of hydrogen-bond donors (Lipinski definition) is 0. The van der Waals surface area contributed by atoms with Crippen molar-refractivity contribution in [3.63, 3.8) is 0 Å². The average molecular weight is 297 g/mol. The van der Waals surface area contributed by atoms with E-state index in [1.807, 2.05) is 12.5 Å². The van der Waals surface area contributed by atoms with Gasteiger partial charge in [-0.15, -0.1) is 0 Å². The summed E-state index contributed by atoms with van der Waals surface area (Å²) < 4.78 is 7.84. The zero-order valence-electron chi connectivity index (χ0n) is 12.9. The lowest BCUT2D eigenvalue weighted by Crippen LogP contribution is -2.35. The van der Waals surface area contributed by atoms with Crippen LogP contribution in [0.1, 0.15) is 30.0 Å². The number of ether oxygens (including phenoxy) is 1. The number of imidazole rings is 1. The van der Waals surface area contributed by atoms with E-state index in [2.05, 4.69) is 38.8 Å². The molecule has 4 heteroatoms. The van der Waals surface area contributed by atoms with Crippen LogP contribution < -0.4 is 4.74 Å². The van der Waals surface area contributed by atoms with Gasteiger partial charge in [0.15, 0.2) is 0 Å². The Bertz CT molecular complexity index is 615. The van der Waals surface area contributed by atoms with Crippen LogP contribution in [0.15, 0.2) is 36.9 Å². The van der Waals surface area contributed by atoms with E-state index in [-0.39, 0.29) is 0 Å². The second-order valence-electron chi connectivity index (χ2n) is 6.37. The van der Waals surface area contributed by atoms with Gasteiger partial charge in [-0.1, -0.05) is 12.1 Å². The summed E-state index contributed by atoms with van der Waals surface area (Å²) in [5.41, 5.74) is 2.83. The molecule has 2 aliphatic rings. The summed E-state index contributed by atoms with van der Waals surface area (Å²) in [7, 11) is 0. The number of nitrogens with zero attached hydrogens (tertiary/aromatic N) is 3. The zero-order chi connectivity index (χ0) is 14.8. The van der Waals surface area contributed by atoms with Crippen molar-refractivity contribution < 1.29 is 4.74 Å². The Labute approximate surface area is 131 Å². The summed E-state index contributed by atoms with van der Waals surface area (Å²) in [5.74, 6) is 1.09. The first-order valence-electron chi connectivity index (χ1n) is 8.33. The van der Waals surface area contributed by atoms with Crippen molar-refractivity contribution in [3.05, 3.63) is 48.0 Å². The lowest BCUT2D eigenvalue weighted by Gasteiger charge is -2.32. The minimum absolute atomic E-state index is 0.635. The topological polar surface area (TPSA) is 30.3 Å². The van der Waals surface area contributed by atoms with Gasteiger partial charge in [0.1, 0.15) is 5.75 Å². The number of aromatic nitrogens is 2. The highest BCUT2D eigenvalue weighted by Crippen LogP contribution is 2.26. The molecule has 1 saturated heterocycles. The van der Waals surface area contributed by atoms with Crippen molar-refractivity contribution in [2.24, 2.45) is 0 Å². The van der Waals surface area contributed by atoms with Gasteiger partial charge in [-0.3, -0.25) is 0 Å². The van der Waals surface area contributed by atoms with E-state index in [0.717, 1.165) is 31.7 Å². The van der Waals surface area contributed by atoms with Gasteiger partial charge in [0.25, 0.3) is 0 Å². The molecule has 0 aliphatic carbocycles. The first-order valence-corrected chi connectivity index (χ1v) is 8.33. The molecule has 2 aromatic rings. The first kappa shape index (κ1) is 13.8. The third-order valence-electron chi connectivity index (χ3n) is 4.97. The van der Waals surface area contributed by atoms with Crippen molar-refractivity contribution in [1.82, 2.24) is 14.5 Å². The van der Waals surface area contributed by atoms with Crippen LogP contribution in [-0.4, -0.2) is 40.7 Å². The molecular weight excluding hydrogens is 274 g/mol. The highest BCUT2D eigenvalue weighted by atomic mass is 16.5. The van der Waals surface area contributed by atoms with E-state index in [1.54, 1.807) is 0 Å². The number of likely N-dealkylation sites (tertiary alicyclic amines) is 1. The number of hydrogen-bond acceptors (Lipinski definition) is 3. The number of fused-ring (bicyclic) bond motifs is 1. The minimum Gasteiger partial charge on any atom is -0.493 e. The maximum Gasteiger partial charge on any atom is 0.122 e. The number of benzene rings is 1. The molecule has 2 aliphatic heterocycles. The van der Waals surface area contributed by atoms with Crippen LogP contribution in [0.4, 0.5) is 0 Å². The lowest BCUT2D eigenvalue weighted by molar-refractivity contribution is 0.188. The SMILES string of the molecule is c1cn(C2CCN(CCc3ccc4c(c3)CCO4)CC2)cn1. The Morgan fingerprint density at radius 1 is 1.23 bits per heavy atom. The molecule has 1 aromatic heterocycles. The molecule has 1 aromatic carbocycles. The van der Waals surface area contributed by atoms with Crippen LogP contribution in [0.2, 0.25) is 0 Å². The molecule has 0 unspecified atom stereocenters. The fourth-order valence-corrected chi connectivity index (χ4v) is 3.61. The van der Waals surface area contributed by atoms with Gasteiger partial charge in [0, 0.05) is 44.5 Å². The van der Waals surface area contributed by atoms with Crippen molar-refractivity contribution in [2.75, 3.05) is 26.2 Å². The smallest absolute Gasteiger partial charge is 0.122 e. The normalized spacial score (nSPS) is 19.1. The molecule has 3 heterocycles. The summed E-state index contributed by atoms with van der Waals surface area (Å²) >= 11 is 0. The number of rotatable bonds is 4. The lowest BCUT2D eigenvalue weighted by atomic mass is 10.0. The third-order valence-corrected chi connectivity index (χ3v) is 4.97. The van der Waals surface area contributed by atoms with Crippen LogP contribution >= 0.6 is 0 Å². The van der Waals surface area contributed by atoms with Gasteiger partial charge in [-0.2, -0.15) is 0 Å². The molecule has 116 valence electrons. The molecule has 0 spiro atoms. The predicted molar refractivity (Wildman–Crippen MR) is 86.3 cm³/mol. The standard InChI is InChI=1S/C18H23N3O/c1-2-18-16(6-12-22-18)13-15(1)3-8-20-9-4-17(5-10-20)21-11-7-19-14-21/h1-2,7,11,13-14,17H,3-6,8-10,12H2. The average Bonchev–Trinajstić information content (AvgIpc) is 3.24. The Morgan fingerprint density at radius 3 is 2.95 bits per heavy atom. The van der Waals surface area contributed by atoms with E-state index in [9.17, 15) is 0 Å². The van der Waals surface area contributed by atoms with Gasteiger partial charge in [0.2, 0.25) is 0 Å². The van der Waals surface area contributed by atoms with Crippen LogP contribution in [-0.2, 0) is 12.8 Å². The van der Waals surface area contributed by atoms with Crippen LogP contribution in [0.25, 0.3) is 0 Å². The van der Waals surface area contributed by atoms with Gasteiger partial charge in [0.05, 0.1) is 12.9 Å². The third kappa shape index (κ3) is 2.88. The van der Waals surface area contributed by atoms with Crippen LogP contribution in [0, 0.1) is 0 Å². The van der Waals surface area contributed by atoms with Crippen molar-refractivity contribution in [1.29, 1.82) is 0 Å². The Balaban J connectivity index is 1.28. The van der Waals surface area contributed by atoms with E-state index in [0.29, 0.717) is 6.04 Å². The van der Waals surface area contributed by atoms with Crippen molar-refractivity contribution in [3.8, 4) is 5.75 Å². The van der Waals surface area contributed by atoms with Crippen molar-refractivity contribution in [2.45, 2.75) is 31.7 Å². The summed E-state index contributed by atoms with van der Waals surface area (Å²) in [4.78, 5) is 6.75. The summed E-state index contributed by atoms with van der Waals surface area (Å²) in [6.07, 6.45) is 10.6. The largest absolute Gasteiger partial charge is 0.493 e. The quantitative estimate of drug-likeness (QED) is 0.869. The summed E-state index contributed by atoms with van der Waals surface area (Å²) in [6, 6.07) is 7.34. The van der Waals surface area contributed by atoms with Crippen molar-refractivity contribution >= 4 is 0 Å². The Hall–Kier alpha value is -1.81. The second-order valence-corrected chi connectivity index (χ2v) is 6.37. The maximum atomic E-state index is 5.58. The fraction of sp³-hybridized carbons (Fsp3) is 0.500. The van der Waals surface area contributed by atoms with Gasteiger partial charge < -0.3 is 14.2 Å². The molecule has 0 amide bonds. The predicted octanol–water partition coefficient (Wildman–Crippen LogP) is 2.70. The van der Waals surface area contributed by atoms with Crippen LogP contribution in [0.3, 0.4) is 0 Å². The highest BCUT2D eigenvalue weighted by Gasteiger charge is 2.20. The molecule has 0 radical (unpaired) electrons. The van der Waals surface area contributed by atoms with E-state index in [4.69, 9.17) is 4.74 Å².